The first-order valence-electron chi connectivity index (χ1n) is 9.61. The molecule has 10 heteroatoms. The Balaban J connectivity index is 2.17. The summed E-state index contributed by atoms with van der Waals surface area (Å²) >= 11 is 6.74. The van der Waals surface area contributed by atoms with Crippen LogP contribution < -0.4 is 4.90 Å². The van der Waals surface area contributed by atoms with Gasteiger partial charge < -0.3 is 4.90 Å². The van der Waals surface area contributed by atoms with Crippen molar-refractivity contribution in [1.29, 1.82) is 0 Å². The van der Waals surface area contributed by atoms with Gasteiger partial charge in [-0.3, -0.25) is 0 Å². The molecule has 166 valence electrons. The number of thiazole rings is 1. The molecule has 0 aliphatic heterocycles. The predicted molar refractivity (Wildman–Crippen MR) is 124 cm³/mol. The first-order valence-corrected chi connectivity index (χ1v) is 13.8. The highest BCUT2D eigenvalue weighted by atomic mass is 35.5. The van der Waals surface area contributed by atoms with Gasteiger partial charge in [0.1, 0.15) is 5.00 Å². The van der Waals surface area contributed by atoms with Crippen molar-refractivity contribution in [2.75, 3.05) is 18.5 Å². The van der Waals surface area contributed by atoms with E-state index in [2.05, 4.69) is 4.98 Å². The summed E-state index contributed by atoms with van der Waals surface area (Å²) in [7, 11) is -6.27. The first kappa shape index (κ1) is 23.7. The highest BCUT2D eigenvalue weighted by Crippen LogP contribution is 2.38. The second-order valence-corrected chi connectivity index (χ2v) is 12.5. The second kappa shape index (κ2) is 9.28. The quantitative estimate of drug-likeness (QED) is 0.434. The Bertz CT molecular complexity index is 1270. The van der Waals surface area contributed by atoms with Crippen LogP contribution in [0.15, 0.2) is 67.7 Å². The summed E-state index contributed by atoms with van der Waals surface area (Å²) in [5, 5.41) is 0.467. The fourth-order valence-corrected chi connectivity index (χ4v) is 7.42. The monoisotopic (exact) mass is 498 g/mol. The van der Waals surface area contributed by atoms with Crippen LogP contribution in [0.25, 0.3) is 0 Å². The molecule has 0 amide bonds. The summed E-state index contributed by atoms with van der Waals surface area (Å²) in [4.78, 5) is 5.98. The zero-order valence-corrected chi connectivity index (χ0v) is 20.6. The van der Waals surface area contributed by atoms with E-state index in [1.54, 1.807) is 24.1 Å². The standard InChI is InChI=1S/C21H23ClN2O4S3/c1-4-5-14-24(3)20-19(30(25,26)17-10-6-15(2)7-11-17)23-21(29-20)31(27,28)18-12-8-16(22)9-13-18/h6-13H,4-5,14H2,1-3H3. The average Bonchev–Trinajstić information content (AvgIpc) is 3.20. The number of nitrogens with zero attached hydrogens (tertiary/aromatic N) is 2. The van der Waals surface area contributed by atoms with E-state index in [9.17, 15) is 16.8 Å². The van der Waals surface area contributed by atoms with Gasteiger partial charge in [-0.25, -0.2) is 21.8 Å². The Hall–Kier alpha value is -1.94. The highest BCUT2D eigenvalue weighted by Gasteiger charge is 2.32. The van der Waals surface area contributed by atoms with Crippen LogP contribution >= 0.6 is 22.9 Å². The third-order valence-corrected chi connectivity index (χ3v) is 10.1. The van der Waals surface area contributed by atoms with Crippen molar-refractivity contribution in [2.45, 2.75) is 45.8 Å². The number of rotatable bonds is 8. The van der Waals surface area contributed by atoms with Crippen LogP contribution in [0.1, 0.15) is 25.3 Å². The Labute approximate surface area is 192 Å². The molecule has 1 aromatic heterocycles. The van der Waals surface area contributed by atoms with Crippen molar-refractivity contribution in [3.05, 3.63) is 59.1 Å². The number of aromatic nitrogens is 1. The molecule has 0 atom stereocenters. The molecule has 0 aliphatic rings. The first-order chi connectivity index (χ1) is 14.6. The van der Waals surface area contributed by atoms with E-state index >= 15 is 0 Å². The van der Waals surface area contributed by atoms with Crippen LogP contribution in [-0.2, 0) is 19.7 Å². The molecule has 2 aromatic carbocycles. The van der Waals surface area contributed by atoms with Gasteiger partial charge in [0.25, 0.3) is 0 Å². The van der Waals surface area contributed by atoms with Gasteiger partial charge >= 0.3 is 0 Å². The number of benzene rings is 2. The minimum absolute atomic E-state index is 0.00713. The lowest BCUT2D eigenvalue weighted by Crippen LogP contribution is -2.19. The molecular weight excluding hydrogens is 476 g/mol. The number of aryl methyl sites for hydroxylation is 1. The lowest BCUT2D eigenvalue weighted by atomic mass is 10.2. The molecule has 0 bridgehead atoms. The maximum Gasteiger partial charge on any atom is 0.233 e. The van der Waals surface area contributed by atoms with Gasteiger partial charge in [-0.15, -0.1) is 0 Å². The summed E-state index contributed by atoms with van der Waals surface area (Å²) in [5.74, 6) is 0. The maximum absolute atomic E-state index is 13.4. The fraction of sp³-hybridized carbons (Fsp3) is 0.286. The molecule has 0 N–H and O–H groups in total. The number of hydrogen-bond acceptors (Lipinski definition) is 7. The third-order valence-electron chi connectivity index (χ3n) is 4.69. The van der Waals surface area contributed by atoms with E-state index in [1.165, 1.54) is 36.4 Å². The molecular formula is C21H23ClN2O4S3. The lowest BCUT2D eigenvalue weighted by Gasteiger charge is -2.17. The summed E-state index contributed by atoms with van der Waals surface area (Å²) in [6.45, 7) is 4.47. The Morgan fingerprint density at radius 1 is 0.935 bits per heavy atom. The number of halogens is 1. The number of sulfone groups is 2. The van der Waals surface area contributed by atoms with Gasteiger partial charge in [-0.05, 0) is 49.7 Å². The van der Waals surface area contributed by atoms with Crippen molar-refractivity contribution in [2.24, 2.45) is 0 Å². The van der Waals surface area contributed by atoms with E-state index in [0.717, 1.165) is 29.7 Å². The maximum atomic E-state index is 13.4. The van der Waals surface area contributed by atoms with Crippen LogP contribution in [0.3, 0.4) is 0 Å². The Kier molecular flexibility index (Phi) is 7.10. The zero-order chi connectivity index (χ0) is 22.8. The van der Waals surface area contributed by atoms with Gasteiger partial charge in [0, 0.05) is 18.6 Å². The topological polar surface area (TPSA) is 84.4 Å². The summed E-state index contributed by atoms with van der Waals surface area (Å²) in [6, 6.07) is 12.1. The zero-order valence-electron chi connectivity index (χ0n) is 17.4. The van der Waals surface area contributed by atoms with E-state index < -0.39 is 19.7 Å². The normalized spacial score (nSPS) is 12.1. The van der Waals surface area contributed by atoms with Crippen molar-refractivity contribution in [3.8, 4) is 0 Å². The second-order valence-electron chi connectivity index (χ2n) is 7.14. The molecule has 6 nitrogen and oxygen atoms in total. The molecule has 0 radical (unpaired) electrons. The molecule has 0 spiro atoms. The number of hydrogen-bond donors (Lipinski definition) is 0. The fourth-order valence-electron chi connectivity index (χ4n) is 2.85. The van der Waals surface area contributed by atoms with Crippen LogP contribution in [-0.4, -0.2) is 35.4 Å². The molecule has 3 aromatic rings. The molecule has 3 rings (SSSR count). The minimum atomic E-state index is -4.01. The van der Waals surface area contributed by atoms with Crippen LogP contribution in [0, 0.1) is 6.92 Å². The molecule has 0 saturated heterocycles. The van der Waals surface area contributed by atoms with E-state index in [4.69, 9.17) is 11.6 Å². The van der Waals surface area contributed by atoms with E-state index in [1.807, 2.05) is 13.8 Å². The smallest absolute Gasteiger partial charge is 0.233 e. The molecule has 0 saturated carbocycles. The highest BCUT2D eigenvalue weighted by molar-refractivity contribution is 7.94. The molecule has 31 heavy (non-hydrogen) atoms. The average molecular weight is 499 g/mol. The predicted octanol–water partition coefficient (Wildman–Crippen LogP) is 5.01. The molecule has 1 heterocycles. The third kappa shape index (κ3) is 4.95. The Morgan fingerprint density at radius 3 is 2.06 bits per heavy atom. The van der Waals surface area contributed by atoms with Crippen molar-refractivity contribution in [1.82, 2.24) is 4.98 Å². The van der Waals surface area contributed by atoms with Crippen molar-refractivity contribution in [3.63, 3.8) is 0 Å². The minimum Gasteiger partial charge on any atom is -0.364 e. The van der Waals surface area contributed by atoms with Gasteiger partial charge in [-0.2, -0.15) is 0 Å². The van der Waals surface area contributed by atoms with Crippen LogP contribution in [0.5, 0.6) is 0 Å². The summed E-state index contributed by atoms with van der Waals surface area (Å²) in [6.07, 6.45) is 1.75. The van der Waals surface area contributed by atoms with Crippen molar-refractivity contribution >= 4 is 47.6 Å². The van der Waals surface area contributed by atoms with Gasteiger partial charge in [-0.1, -0.05) is 54.0 Å². The summed E-state index contributed by atoms with van der Waals surface area (Å²) < 4.78 is 52.8. The Morgan fingerprint density at radius 2 is 1.48 bits per heavy atom. The molecule has 0 fully saturated rings. The van der Waals surface area contributed by atoms with Crippen LogP contribution in [0.4, 0.5) is 5.00 Å². The SMILES string of the molecule is CCCCN(C)c1sc(S(=O)(=O)c2ccc(Cl)cc2)nc1S(=O)(=O)c1ccc(C)cc1. The summed E-state index contributed by atoms with van der Waals surface area (Å²) in [5.41, 5.74) is 0.920. The molecule has 0 unspecified atom stereocenters. The number of anilines is 1. The number of unbranched alkanes of at least 4 members (excludes halogenated alkanes) is 1. The van der Waals surface area contributed by atoms with Crippen LogP contribution in [0.2, 0.25) is 5.02 Å². The van der Waals surface area contributed by atoms with Gasteiger partial charge in [0.05, 0.1) is 9.79 Å². The van der Waals surface area contributed by atoms with E-state index in [-0.39, 0.29) is 19.2 Å². The largest absolute Gasteiger partial charge is 0.364 e. The van der Waals surface area contributed by atoms with E-state index in [0.29, 0.717) is 16.6 Å². The van der Waals surface area contributed by atoms with Crippen molar-refractivity contribution < 1.29 is 16.8 Å². The van der Waals surface area contributed by atoms with Gasteiger partial charge in [0.2, 0.25) is 24.0 Å². The lowest BCUT2D eigenvalue weighted by molar-refractivity contribution is 0.589. The molecule has 0 aliphatic carbocycles. The van der Waals surface area contributed by atoms with Gasteiger partial charge in [0.15, 0.2) is 5.03 Å².